The van der Waals surface area contributed by atoms with Crippen LogP contribution in [0.1, 0.15) is 34.3 Å². The van der Waals surface area contributed by atoms with Crippen molar-refractivity contribution >= 4 is 17.6 Å². The minimum atomic E-state index is -4.76. The molecule has 1 aromatic carbocycles. The van der Waals surface area contributed by atoms with Gasteiger partial charge >= 0.3 is 6.36 Å². The van der Waals surface area contributed by atoms with Gasteiger partial charge in [0.2, 0.25) is 5.91 Å². The molecule has 3 rings (SSSR count). The molecule has 28 heavy (non-hydrogen) atoms. The molecular formula is C19H18F3N3O3. The van der Waals surface area contributed by atoms with Gasteiger partial charge in [-0.2, -0.15) is 0 Å². The number of amides is 2. The number of nitrogens with one attached hydrogen (secondary N) is 2. The van der Waals surface area contributed by atoms with Crippen molar-refractivity contribution in [3.63, 3.8) is 0 Å². The molecule has 9 heteroatoms. The molecule has 1 aromatic heterocycles. The predicted octanol–water partition coefficient (Wildman–Crippen LogP) is 3.57. The average molecular weight is 393 g/mol. The third-order valence-corrected chi connectivity index (χ3v) is 4.14. The van der Waals surface area contributed by atoms with Gasteiger partial charge in [-0.3, -0.25) is 9.59 Å². The largest absolute Gasteiger partial charge is 0.573 e. The van der Waals surface area contributed by atoms with E-state index >= 15 is 0 Å². The van der Waals surface area contributed by atoms with E-state index in [0.717, 1.165) is 12.8 Å². The van der Waals surface area contributed by atoms with Crippen LogP contribution >= 0.6 is 0 Å². The van der Waals surface area contributed by atoms with Crippen molar-refractivity contribution in [1.82, 2.24) is 10.3 Å². The molecule has 148 valence electrons. The first-order valence-electron chi connectivity index (χ1n) is 8.61. The average Bonchev–Trinajstić information content (AvgIpc) is 3.46. The van der Waals surface area contributed by atoms with Crippen molar-refractivity contribution in [1.29, 1.82) is 0 Å². The lowest BCUT2D eigenvalue weighted by Gasteiger charge is -2.13. The number of nitrogens with zero attached hydrogens (tertiary/aromatic N) is 1. The zero-order chi connectivity index (χ0) is 20.3. The number of carbonyl (C=O) groups is 2. The molecule has 1 saturated carbocycles. The molecule has 2 N–H and O–H groups in total. The monoisotopic (exact) mass is 393 g/mol. The van der Waals surface area contributed by atoms with Crippen molar-refractivity contribution < 1.29 is 27.5 Å². The fourth-order valence-electron chi connectivity index (χ4n) is 2.56. The number of alkyl halides is 3. The SMILES string of the molecule is Cc1cc(CNC(=O)c2ccnc(NC(=O)C3CC3)c2)ccc1OC(F)(F)F. The summed E-state index contributed by atoms with van der Waals surface area (Å²) in [5.74, 6) is -0.465. The summed E-state index contributed by atoms with van der Waals surface area (Å²) in [6, 6.07) is 7.15. The summed E-state index contributed by atoms with van der Waals surface area (Å²) < 4.78 is 40.9. The topological polar surface area (TPSA) is 80.3 Å². The van der Waals surface area contributed by atoms with Crippen LogP contribution in [0.4, 0.5) is 19.0 Å². The summed E-state index contributed by atoms with van der Waals surface area (Å²) >= 11 is 0. The minimum absolute atomic E-state index is 0.0202. The molecule has 2 amide bonds. The smallest absolute Gasteiger partial charge is 0.406 e. The Kier molecular flexibility index (Phi) is 5.53. The quantitative estimate of drug-likeness (QED) is 0.786. The highest BCUT2D eigenvalue weighted by Gasteiger charge is 2.31. The predicted molar refractivity (Wildman–Crippen MR) is 94.6 cm³/mol. The van der Waals surface area contributed by atoms with E-state index in [4.69, 9.17) is 0 Å². The van der Waals surface area contributed by atoms with E-state index in [1.807, 2.05) is 0 Å². The van der Waals surface area contributed by atoms with E-state index in [1.165, 1.54) is 43.5 Å². The van der Waals surface area contributed by atoms with E-state index in [9.17, 15) is 22.8 Å². The van der Waals surface area contributed by atoms with Crippen molar-refractivity contribution in [3.05, 3.63) is 53.2 Å². The molecule has 2 aromatic rings. The standard InChI is InChI=1S/C19H18F3N3O3/c1-11-8-12(2-5-15(11)28-19(20,21)22)10-24-17(26)14-6-7-23-16(9-14)25-18(27)13-3-4-13/h2,5-9,13H,3-4,10H2,1H3,(H,24,26)(H,23,25,27). The minimum Gasteiger partial charge on any atom is -0.406 e. The van der Waals surface area contributed by atoms with E-state index in [0.29, 0.717) is 22.5 Å². The van der Waals surface area contributed by atoms with Gasteiger partial charge in [0.1, 0.15) is 11.6 Å². The van der Waals surface area contributed by atoms with E-state index in [2.05, 4.69) is 20.4 Å². The van der Waals surface area contributed by atoms with Gasteiger partial charge in [0.25, 0.3) is 5.91 Å². The summed E-state index contributed by atoms with van der Waals surface area (Å²) in [4.78, 5) is 28.1. The molecule has 1 heterocycles. The second kappa shape index (κ2) is 7.87. The van der Waals surface area contributed by atoms with Crippen LogP contribution in [0.5, 0.6) is 5.75 Å². The first-order chi connectivity index (χ1) is 13.2. The van der Waals surface area contributed by atoms with Gasteiger partial charge in [-0.1, -0.05) is 12.1 Å². The summed E-state index contributed by atoms with van der Waals surface area (Å²) in [5.41, 5.74) is 1.24. The molecule has 6 nitrogen and oxygen atoms in total. The van der Waals surface area contributed by atoms with Gasteiger partial charge in [0, 0.05) is 24.2 Å². The zero-order valence-corrected chi connectivity index (χ0v) is 15.0. The lowest BCUT2D eigenvalue weighted by molar-refractivity contribution is -0.274. The molecular weight excluding hydrogens is 375 g/mol. The fraction of sp³-hybridized carbons (Fsp3) is 0.316. The molecule has 0 atom stereocenters. The Hall–Kier alpha value is -3.10. The molecule has 0 saturated heterocycles. The van der Waals surface area contributed by atoms with Crippen molar-refractivity contribution in [2.75, 3.05) is 5.32 Å². The van der Waals surface area contributed by atoms with Crippen LogP contribution in [-0.2, 0) is 11.3 Å². The molecule has 0 aliphatic heterocycles. The second-order valence-electron chi connectivity index (χ2n) is 6.52. The van der Waals surface area contributed by atoms with Gasteiger partial charge in [0.05, 0.1) is 0 Å². The highest BCUT2D eigenvalue weighted by Crippen LogP contribution is 2.30. The number of halogens is 3. The van der Waals surface area contributed by atoms with Crippen molar-refractivity contribution in [2.24, 2.45) is 5.92 Å². The van der Waals surface area contributed by atoms with Crippen LogP contribution in [-0.4, -0.2) is 23.2 Å². The van der Waals surface area contributed by atoms with Crippen LogP contribution in [0.3, 0.4) is 0 Å². The summed E-state index contributed by atoms with van der Waals surface area (Å²) in [6.07, 6.45) is -1.62. The maximum absolute atomic E-state index is 12.3. The number of benzene rings is 1. The van der Waals surface area contributed by atoms with Crippen molar-refractivity contribution in [2.45, 2.75) is 32.7 Å². The highest BCUT2D eigenvalue weighted by atomic mass is 19.4. The molecule has 1 fully saturated rings. The Balaban J connectivity index is 1.59. The molecule has 0 bridgehead atoms. The lowest BCUT2D eigenvalue weighted by Crippen LogP contribution is -2.23. The molecule has 0 radical (unpaired) electrons. The number of aryl methyl sites for hydroxylation is 1. The molecule has 1 aliphatic rings. The Morgan fingerprint density at radius 3 is 2.61 bits per heavy atom. The van der Waals surface area contributed by atoms with Crippen molar-refractivity contribution in [3.8, 4) is 5.75 Å². The van der Waals surface area contributed by atoms with Crippen LogP contribution in [0.25, 0.3) is 0 Å². The zero-order valence-electron chi connectivity index (χ0n) is 15.0. The number of anilines is 1. The van der Waals surface area contributed by atoms with Crippen LogP contribution in [0, 0.1) is 12.8 Å². The van der Waals surface area contributed by atoms with Crippen LogP contribution < -0.4 is 15.4 Å². The van der Waals surface area contributed by atoms with E-state index in [1.54, 1.807) is 0 Å². The van der Waals surface area contributed by atoms with Crippen LogP contribution in [0.15, 0.2) is 36.5 Å². The summed E-state index contributed by atoms with van der Waals surface area (Å²) in [5, 5.41) is 5.35. The third-order valence-electron chi connectivity index (χ3n) is 4.14. The summed E-state index contributed by atoms with van der Waals surface area (Å²) in [7, 11) is 0. The number of ether oxygens (including phenoxy) is 1. The van der Waals surface area contributed by atoms with Gasteiger partial charge in [-0.15, -0.1) is 13.2 Å². The van der Waals surface area contributed by atoms with Gasteiger partial charge < -0.3 is 15.4 Å². The summed E-state index contributed by atoms with van der Waals surface area (Å²) in [6.45, 7) is 1.61. The Bertz CT molecular complexity index is 895. The van der Waals surface area contributed by atoms with E-state index < -0.39 is 12.3 Å². The first-order valence-corrected chi connectivity index (χ1v) is 8.61. The maximum Gasteiger partial charge on any atom is 0.573 e. The number of rotatable bonds is 6. The Morgan fingerprint density at radius 2 is 1.96 bits per heavy atom. The number of carbonyl (C=O) groups excluding carboxylic acids is 2. The second-order valence-corrected chi connectivity index (χ2v) is 6.52. The molecule has 1 aliphatic carbocycles. The number of pyridine rings is 1. The van der Waals surface area contributed by atoms with Gasteiger partial charge in [-0.05, 0) is 49.1 Å². The Labute approximate surface area is 159 Å². The van der Waals surface area contributed by atoms with Crippen LogP contribution in [0.2, 0.25) is 0 Å². The normalized spacial score (nSPS) is 13.7. The Morgan fingerprint density at radius 1 is 1.21 bits per heavy atom. The van der Waals surface area contributed by atoms with Gasteiger partial charge in [0.15, 0.2) is 0 Å². The highest BCUT2D eigenvalue weighted by molar-refractivity contribution is 5.97. The lowest BCUT2D eigenvalue weighted by atomic mass is 10.1. The molecule has 0 unspecified atom stereocenters. The number of hydrogen-bond acceptors (Lipinski definition) is 4. The number of aromatic nitrogens is 1. The number of hydrogen-bond donors (Lipinski definition) is 2. The third kappa shape index (κ3) is 5.45. The first kappa shape index (κ1) is 19.7. The molecule has 0 spiro atoms. The van der Waals surface area contributed by atoms with Gasteiger partial charge in [-0.25, -0.2) is 4.98 Å². The maximum atomic E-state index is 12.3. The van der Waals surface area contributed by atoms with E-state index in [-0.39, 0.29) is 24.1 Å². The fourth-order valence-corrected chi connectivity index (χ4v) is 2.56.